The summed E-state index contributed by atoms with van der Waals surface area (Å²) in [7, 11) is -1.90. The zero-order valence-corrected chi connectivity index (χ0v) is 13.4. The molecule has 21 heavy (non-hydrogen) atoms. The predicted octanol–water partition coefficient (Wildman–Crippen LogP) is 2.29. The molecule has 0 radical (unpaired) electrons. The van der Waals surface area contributed by atoms with Gasteiger partial charge in [-0.25, -0.2) is 12.8 Å². The third-order valence-corrected chi connectivity index (χ3v) is 6.18. The lowest BCUT2D eigenvalue weighted by atomic mass is 10.1. The highest BCUT2D eigenvalue weighted by Crippen LogP contribution is 2.24. The highest BCUT2D eigenvalue weighted by Gasteiger charge is 2.29. The lowest BCUT2D eigenvalue weighted by molar-refractivity contribution is 0.373. The SMILES string of the molecule is CC(c1ccccc1F)N(C)S(=O)(=O)CC1CCCCN1. The molecule has 2 rings (SSSR count). The second kappa shape index (κ2) is 6.85. The van der Waals surface area contributed by atoms with E-state index in [-0.39, 0.29) is 17.6 Å². The minimum atomic E-state index is -3.42. The van der Waals surface area contributed by atoms with Crippen LogP contribution in [0, 0.1) is 5.82 Å². The summed E-state index contributed by atoms with van der Waals surface area (Å²) in [5, 5.41) is 3.24. The Balaban J connectivity index is 2.10. The van der Waals surface area contributed by atoms with Gasteiger partial charge in [0.15, 0.2) is 0 Å². The van der Waals surface area contributed by atoms with Crippen LogP contribution in [-0.4, -0.2) is 38.1 Å². The average molecular weight is 314 g/mol. The summed E-state index contributed by atoms with van der Waals surface area (Å²) in [4.78, 5) is 0. The van der Waals surface area contributed by atoms with E-state index < -0.39 is 16.1 Å². The molecule has 1 saturated heterocycles. The van der Waals surface area contributed by atoms with Gasteiger partial charge >= 0.3 is 0 Å². The number of halogens is 1. The Kier molecular flexibility index (Phi) is 5.35. The number of rotatable bonds is 5. The third kappa shape index (κ3) is 4.02. The third-order valence-electron chi connectivity index (χ3n) is 4.16. The number of benzene rings is 1. The van der Waals surface area contributed by atoms with Crippen LogP contribution >= 0.6 is 0 Å². The Morgan fingerprint density at radius 1 is 1.38 bits per heavy atom. The van der Waals surface area contributed by atoms with E-state index in [0.717, 1.165) is 25.8 Å². The molecule has 1 heterocycles. The maximum Gasteiger partial charge on any atom is 0.215 e. The number of hydrogen-bond donors (Lipinski definition) is 1. The van der Waals surface area contributed by atoms with Crippen molar-refractivity contribution < 1.29 is 12.8 Å². The van der Waals surface area contributed by atoms with Crippen LogP contribution in [0.1, 0.15) is 37.8 Å². The van der Waals surface area contributed by atoms with Crippen molar-refractivity contribution >= 4 is 10.0 Å². The maximum absolute atomic E-state index is 13.8. The first kappa shape index (κ1) is 16.4. The molecule has 0 aliphatic carbocycles. The van der Waals surface area contributed by atoms with Gasteiger partial charge in [0.25, 0.3) is 0 Å². The predicted molar refractivity (Wildman–Crippen MR) is 82.0 cm³/mol. The second-order valence-corrected chi connectivity index (χ2v) is 7.71. The average Bonchev–Trinajstić information content (AvgIpc) is 2.47. The van der Waals surface area contributed by atoms with Crippen LogP contribution in [0.2, 0.25) is 0 Å². The molecule has 4 nitrogen and oxygen atoms in total. The van der Waals surface area contributed by atoms with Crippen molar-refractivity contribution in [1.29, 1.82) is 0 Å². The molecule has 1 aromatic rings. The van der Waals surface area contributed by atoms with Crippen molar-refractivity contribution in [3.8, 4) is 0 Å². The van der Waals surface area contributed by atoms with Crippen LogP contribution < -0.4 is 5.32 Å². The van der Waals surface area contributed by atoms with Crippen LogP contribution in [0.5, 0.6) is 0 Å². The molecule has 118 valence electrons. The molecule has 1 aromatic carbocycles. The second-order valence-electron chi connectivity index (χ2n) is 5.64. The van der Waals surface area contributed by atoms with Gasteiger partial charge in [-0.1, -0.05) is 24.6 Å². The maximum atomic E-state index is 13.8. The van der Waals surface area contributed by atoms with Gasteiger partial charge in [-0.2, -0.15) is 4.31 Å². The summed E-state index contributed by atoms with van der Waals surface area (Å²) in [6, 6.07) is 5.79. The van der Waals surface area contributed by atoms with Gasteiger partial charge in [0.05, 0.1) is 5.75 Å². The number of sulfonamides is 1. The van der Waals surface area contributed by atoms with Crippen molar-refractivity contribution in [1.82, 2.24) is 9.62 Å². The van der Waals surface area contributed by atoms with Crippen molar-refractivity contribution in [3.05, 3.63) is 35.6 Å². The molecular weight excluding hydrogens is 291 g/mol. The number of piperidine rings is 1. The summed E-state index contributed by atoms with van der Waals surface area (Å²) in [5.74, 6) is -0.301. The van der Waals surface area contributed by atoms with Crippen LogP contribution in [0.4, 0.5) is 4.39 Å². The molecule has 2 atom stereocenters. The van der Waals surface area contributed by atoms with Gasteiger partial charge in [-0.3, -0.25) is 0 Å². The standard InChI is InChI=1S/C15H23FN2O2S/c1-12(14-8-3-4-9-15(14)16)18(2)21(19,20)11-13-7-5-6-10-17-13/h3-4,8-9,12-13,17H,5-7,10-11H2,1-2H3. The largest absolute Gasteiger partial charge is 0.313 e. The van der Waals surface area contributed by atoms with Crippen LogP contribution in [0.15, 0.2) is 24.3 Å². The summed E-state index contributed by atoms with van der Waals surface area (Å²) < 4.78 is 40.1. The molecule has 2 unspecified atom stereocenters. The van der Waals surface area contributed by atoms with Gasteiger partial charge in [-0.15, -0.1) is 0 Å². The topological polar surface area (TPSA) is 49.4 Å². The minimum absolute atomic E-state index is 0.000907. The van der Waals surface area contributed by atoms with Gasteiger partial charge in [-0.05, 0) is 32.4 Å². The Bertz CT molecular complexity index is 571. The first-order chi connectivity index (χ1) is 9.92. The molecule has 0 saturated carbocycles. The molecule has 1 fully saturated rings. The van der Waals surface area contributed by atoms with Gasteiger partial charge < -0.3 is 5.32 Å². The molecule has 0 bridgehead atoms. The number of hydrogen-bond acceptors (Lipinski definition) is 3. The summed E-state index contributed by atoms with van der Waals surface area (Å²) in [6.07, 6.45) is 3.03. The van der Waals surface area contributed by atoms with E-state index in [4.69, 9.17) is 0 Å². The van der Waals surface area contributed by atoms with E-state index in [1.807, 2.05) is 0 Å². The molecular formula is C15H23FN2O2S. The van der Waals surface area contributed by atoms with Crippen molar-refractivity contribution in [2.75, 3.05) is 19.3 Å². The smallest absolute Gasteiger partial charge is 0.215 e. The fourth-order valence-corrected chi connectivity index (χ4v) is 4.31. The van der Waals surface area contributed by atoms with Crippen molar-refractivity contribution in [2.45, 2.75) is 38.3 Å². The molecule has 1 aliphatic rings. The van der Waals surface area contributed by atoms with Crippen LogP contribution in [0.3, 0.4) is 0 Å². The quantitative estimate of drug-likeness (QED) is 0.907. The first-order valence-corrected chi connectivity index (χ1v) is 8.96. The minimum Gasteiger partial charge on any atom is -0.313 e. The van der Waals surface area contributed by atoms with Gasteiger partial charge in [0.2, 0.25) is 10.0 Å². The van der Waals surface area contributed by atoms with E-state index in [9.17, 15) is 12.8 Å². The van der Waals surface area contributed by atoms with E-state index >= 15 is 0 Å². The van der Waals surface area contributed by atoms with Crippen molar-refractivity contribution in [3.63, 3.8) is 0 Å². The summed E-state index contributed by atoms with van der Waals surface area (Å²) in [6.45, 7) is 2.58. The molecule has 0 amide bonds. The van der Waals surface area contributed by atoms with Crippen LogP contribution in [0.25, 0.3) is 0 Å². The molecule has 0 aromatic heterocycles. The lowest BCUT2D eigenvalue weighted by Gasteiger charge is -2.29. The molecule has 0 spiro atoms. The molecule has 1 N–H and O–H groups in total. The summed E-state index contributed by atoms with van der Waals surface area (Å²) in [5.41, 5.74) is 0.403. The Morgan fingerprint density at radius 2 is 2.10 bits per heavy atom. The highest BCUT2D eigenvalue weighted by atomic mass is 32.2. The monoisotopic (exact) mass is 314 g/mol. The zero-order valence-electron chi connectivity index (χ0n) is 12.5. The van der Waals surface area contributed by atoms with E-state index in [2.05, 4.69) is 5.32 Å². The lowest BCUT2D eigenvalue weighted by Crippen LogP contribution is -2.43. The normalized spacial score (nSPS) is 21.4. The Morgan fingerprint density at radius 3 is 2.71 bits per heavy atom. The van der Waals surface area contributed by atoms with Crippen molar-refractivity contribution in [2.24, 2.45) is 0 Å². The number of nitrogens with one attached hydrogen (secondary N) is 1. The summed E-state index contributed by atoms with van der Waals surface area (Å²) >= 11 is 0. The zero-order chi connectivity index (χ0) is 15.5. The van der Waals surface area contributed by atoms with Crippen LogP contribution in [-0.2, 0) is 10.0 Å². The Labute approximate surface area is 126 Å². The molecule has 1 aliphatic heterocycles. The van der Waals surface area contributed by atoms with Gasteiger partial charge in [0, 0.05) is 24.7 Å². The fourth-order valence-electron chi connectivity index (χ4n) is 2.69. The highest BCUT2D eigenvalue weighted by molar-refractivity contribution is 7.89. The Hall–Kier alpha value is -0.980. The first-order valence-electron chi connectivity index (χ1n) is 7.35. The van der Waals surface area contributed by atoms with E-state index in [1.54, 1.807) is 25.1 Å². The van der Waals surface area contributed by atoms with Gasteiger partial charge in [0.1, 0.15) is 5.82 Å². The van der Waals surface area contributed by atoms with E-state index in [1.165, 1.54) is 17.4 Å². The number of nitrogens with zero attached hydrogens (tertiary/aromatic N) is 1. The molecule has 6 heteroatoms. The fraction of sp³-hybridized carbons (Fsp3) is 0.600. The van der Waals surface area contributed by atoms with E-state index in [0.29, 0.717) is 5.56 Å².